The molecule has 2 aromatic heterocycles. The number of hydrogen-bond donors (Lipinski definition) is 0. The van der Waals surface area contributed by atoms with Gasteiger partial charge in [-0.05, 0) is 29.8 Å². The minimum atomic E-state index is 0.886. The highest BCUT2D eigenvalue weighted by molar-refractivity contribution is 7.36. The molecule has 2 heterocycles. The first-order chi connectivity index (χ1) is 9.78. The van der Waals surface area contributed by atoms with E-state index in [9.17, 15) is 0 Å². The van der Waals surface area contributed by atoms with Crippen molar-refractivity contribution < 1.29 is 0 Å². The van der Waals surface area contributed by atoms with Gasteiger partial charge in [0.15, 0.2) is 0 Å². The van der Waals surface area contributed by atoms with E-state index in [0.29, 0.717) is 0 Å². The summed E-state index contributed by atoms with van der Waals surface area (Å²) in [6.45, 7) is 0. The summed E-state index contributed by atoms with van der Waals surface area (Å²) in [6.07, 6.45) is 6.64. The van der Waals surface area contributed by atoms with Gasteiger partial charge in [-0.15, -0.1) is 11.3 Å². The maximum absolute atomic E-state index is 4.52. The molecule has 0 aliphatic carbocycles. The highest BCUT2D eigenvalue weighted by Gasteiger charge is 2.04. The maximum Gasteiger partial charge on any atom is 0.128 e. The lowest BCUT2D eigenvalue weighted by molar-refractivity contribution is 1.04. The molecule has 20 heavy (non-hydrogen) atoms. The zero-order valence-corrected chi connectivity index (χ0v) is 12.9. The molecule has 100 valence electrons. The summed E-state index contributed by atoms with van der Waals surface area (Å²) in [6, 6.07) is 10.5. The smallest absolute Gasteiger partial charge is 0.128 e. The summed E-state index contributed by atoms with van der Waals surface area (Å²) >= 11 is 1.66. The lowest BCUT2D eigenvalue weighted by atomic mass is 10.1. The Bertz CT molecular complexity index is 736. The normalized spacial score (nSPS) is 11.1. The second-order valence-electron chi connectivity index (χ2n) is 4.50. The van der Waals surface area contributed by atoms with E-state index < -0.39 is 0 Å². The standard InChI is InChI=1S/C15H14N3PS/c1-18(10-19-2)15-6-4-12(8-16-15)11-3-5-14-13(7-11)17-9-20-14/h3-9H,2,10H2,1H3. The summed E-state index contributed by atoms with van der Waals surface area (Å²) in [5, 5.41) is 0. The van der Waals surface area contributed by atoms with Gasteiger partial charge >= 0.3 is 0 Å². The predicted molar refractivity (Wildman–Crippen MR) is 90.2 cm³/mol. The van der Waals surface area contributed by atoms with Crippen LogP contribution in [-0.4, -0.2) is 29.6 Å². The van der Waals surface area contributed by atoms with Crippen molar-refractivity contribution in [1.82, 2.24) is 9.97 Å². The molecule has 0 amide bonds. The largest absolute Gasteiger partial charge is 0.352 e. The van der Waals surface area contributed by atoms with Crippen LogP contribution in [-0.2, 0) is 0 Å². The average Bonchev–Trinajstić information content (AvgIpc) is 2.95. The van der Waals surface area contributed by atoms with E-state index in [1.807, 2.05) is 24.8 Å². The molecule has 0 unspecified atom stereocenters. The summed E-state index contributed by atoms with van der Waals surface area (Å²) in [5.41, 5.74) is 5.19. The predicted octanol–water partition coefficient (Wildman–Crippen LogP) is 4.13. The number of pyridine rings is 1. The van der Waals surface area contributed by atoms with Crippen molar-refractivity contribution in [2.24, 2.45) is 0 Å². The van der Waals surface area contributed by atoms with Crippen LogP contribution in [0.1, 0.15) is 0 Å². The van der Waals surface area contributed by atoms with Gasteiger partial charge in [0.1, 0.15) is 5.82 Å². The van der Waals surface area contributed by atoms with E-state index in [0.717, 1.165) is 37.0 Å². The Morgan fingerprint density at radius 2 is 2.05 bits per heavy atom. The molecule has 0 spiro atoms. The first-order valence-electron chi connectivity index (χ1n) is 6.21. The average molecular weight is 299 g/mol. The Labute approximate surface area is 123 Å². The fourth-order valence-electron chi connectivity index (χ4n) is 2.04. The van der Waals surface area contributed by atoms with E-state index in [1.54, 1.807) is 11.3 Å². The van der Waals surface area contributed by atoms with Gasteiger partial charge in [-0.1, -0.05) is 20.6 Å². The van der Waals surface area contributed by atoms with E-state index in [2.05, 4.69) is 45.4 Å². The topological polar surface area (TPSA) is 29.0 Å². The number of fused-ring (bicyclic) bond motifs is 1. The van der Waals surface area contributed by atoms with Gasteiger partial charge < -0.3 is 4.90 Å². The number of anilines is 1. The SMILES string of the molecule is C=PCN(C)c1ccc(-c2ccc3scnc3c2)cn1. The second kappa shape index (κ2) is 5.70. The molecular formula is C15H14N3PS. The van der Waals surface area contributed by atoms with Gasteiger partial charge in [-0.25, -0.2) is 9.97 Å². The zero-order chi connectivity index (χ0) is 13.9. The molecule has 0 saturated carbocycles. The highest BCUT2D eigenvalue weighted by atomic mass is 32.1. The number of rotatable bonds is 4. The van der Waals surface area contributed by atoms with Crippen LogP contribution >= 0.6 is 19.5 Å². The van der Waals surface area contributed by atoms with Crippen molar-refractivity contribution >= 4 is 41.9 Å². The Hall–Kier alpha value is -1.77. The Morgan fingerprint density at radius 3 is 2.80 bits per heavy atom. The van der Waals surface area contributed by atoms with Crippen molar-refractivity contribution in [3.05, 3.63) is 42.0 Å². The molecule has 3 aromatic rings. The fourth-order valence-corrected chi connectivity index (χ4v) is 3.15. The molecule has 1 aromatic carbocycles. The van der Waals surface area contributed by atoms with Gasteiger partial charge in [0.05, 0.1) is 22.0 Å². The molecule has 5 heteroatoms. The Kier molecular flexibility index (Phi) is 3.77. The van der Waals surface area contributed by atoms with Crippen LogP contribution in [0.25, 0.3) is 21.3 Å². The monoisotopic (exact) mass is 299 g/mol. The van der Waals surface area contributed by atoms with Crippen molar-refractivity contribution in [2.75, 3.05) is 18.2 Å². The van der Waals surface area contributed by atoms with Crippen LogP contribution in [0.5, 0.6) is 0 Å². The second-order valence-corrected chi connectivity index (χ2v) is 6.12. The van der Waals surface area contributed by atoms with E-state index in [-0.39, 0.29) is 0 Å². The van der Waals surface area contributed by atoms with Gasteiger partial charge in [0.2, 0.25) is 0 Å². The number of aromatic nitrogens is 2. The third kappa shape index (κ3) is 2.58. The molecule has 0 atom stereocenters. The van der Waals surface area contributed by atoms with Gasteiger partial charge in [0.25, 0.3) is 0 Å². The first-order valence-corrected chi connectivity index (χ1v) is 8.35. The van der Waals surface area contributed by atoms with Gasteiger partial charge in [-0.3, -0.25) is 0 Å². The third-order valence-corrected chi connectivity index (χ3v) is 4.55. The summed E-state index contributed by atoms with van der Waals surface area (Å²) in [5.74, 6) is 0.972. The fraction of sp³-hybridized carbons (Fsp3) is 0.133. The minimum absolute atomic E-state index is 0.886. The molecule has 0 saturated heterocycles. The lowest BCUT2D eigenvalue weighted by Gasteiger charge is -2.15. The zero-order valence-electron chi connectivity index (χ0n) is 11.2. The number of nitrogens with zero attached hydrogens (tertiary/aromatic N) is 3. The summed E-state index contributed by atoms with van der Waals surface area (Å²) in [7, 11) is 3.13. The van der Waals surface area contributed by atoms with Crippen molar-refractivity contribution in [2.45, 2.75) is 0 Å². The molecule has 0 aliphatic rings. The molecule has 3 rings (SSSR count). The first kappa shape index (κ1) is 13.2. The van der Waals surface area contributed by atoms with Gasteiger partial charge in [-0.2, -0.15) is 0 Å². The third-order valence-electron chi connectivity index (χ3n) is 3.11. The number of hydrogen-bond acceptors (Lipinski definition) is 4. The summed E-state index contributed by atoms with van der Waals surface area (Å²) < 4.78 is 1.22. The molecule has 0 radical (unpaired) electrons. The quantitative estimate of drug-likeness (QED) is 0.678. The minimum Gasteiger partial charge on any atom is -0.352 e. The van der Waals surface area contributed by atoms with Crippen LogP contribution in [0.3, 0.4) is 0 Å². The number of benzene rings is 1. The van der Waals surface area contributed by atoms with E-state index in [1.165, 1.54) is 4.70 Å². The number of thiazole rings is 1. The van der Waals surface area contributed by atoms with E-state index in [4.69, 9.17) is 0 Å². The van der Waals surface area contributed by atoms with Crippen molar-refractivity contribution in [3.8, 4) is 11.1 Å². The molecule has 0 N–H and O–H groups in total. The maximum atomic E-state index is 4.52. The highest BCUT2D eigenvalue weighted by Crippen LogP contribution is 2.26. The van der Waals surface area contributed by atoms with Crippen LogP contribution in [0, 0.1) is 0 Å². The molecule has 3 nitrogen and oxygen atoms in total. The van der Waals surface area contributed by atoms with Crippen LogP contribution in [0.15, 0.2) is 42.0 Å². The van der Waals surface area contributed by atoms with Crippen LogP contribution < -0.4 is 4.90 Å². The van der Waals surface area contributed by atoms with Crippen LogP contribution in [0.4, 0.5) is 5.82 Å². The van der Waals surface area contributed by atoms with Crippen LogP contribution in [0.2, 0.25) is 0 Å². The van der Waals surface area contributed by atoms with E-state index >= 15 is 0 Å². The molecular weight excluding hydrogens is 285 g/mol. The molecule has 0 bridgehead atoms. The van der Waals surface area contributed by atoms with Crippen molar-refractivity contribution in [3.63, 3.8) is 0 Å². The Morgan fingerprint density at radius 1 is 1.20 bits per heavy atom. The summed E-state index contributed by atoms with van der Waals surface area (Å²) in [4.78, 5) is 11.0. The van der Waals surface area contributed by atoms with Gasteiger partial charge in [0, 0.05) is 18.8 Å². The molecule has 0 fully saturated rings. The molecule has 0 aliphatic heterocycles. The van der Waals surface area contributed by atoms with Crippen molar-refractivity contribution in [1.29, 1.82) is 0 Å². The Balaban J connectivity index is 1.91. The lowest BCUT2D eigenvalue weighted by Crippen LogP contribution is -2.15.